The fourth-order valence-corrected chi connectivity index (χ4v) is 2.95. The molecule has 0 heterocycles. The van der Waals surface area contributed by atoms with E-state index in [1.54, 1.807) is 14.2 Å². The lowest BCUT2D eigenvalue weighted by atomic mass is 9.98. The number of hydrogen-bond donors (Lipinski definition) is 0. The molecule has 0 aliphatic heterocycles. The highest BCUT2D eigenvalue weighted by Gasteiger charge is 2.28. The van der Waals surface area contributed by atoms with E-state index >= 15 is 0 Å². The Kier molecular flexibility index (Phi) is 10.2. The first-order chi connectivity index (χ1) is 10.8. The molecule has 2 nitrogen and oxygen atoms in total. The summed E-state index contributed by atoms with van der Waals surface area (Å²) in [6, 6.07) is 10.6. The number of unbranched alkanes of at least 4 members (excludes halogenated alkanes) is 6. The molecular weight excluding hydrogens is 272 g/mol. The Hall–Kier alpha value is -0.860. The van der Waals surface area contributed by atoms with E-state index in [-0.39, 0.29) is 0 Å². The number of rotatable bonds is 13. The van der Waals surface area contributed by atoms with Crippen LogP contribution in [-0.2, 0) is 15.9 Å². The number of ether oxygens (including phenoxy) is 2. The Bertz CT molecular complexity index is 357. The Morgan fingerprint density at radius 2 is 1.36 bits per heavy atom. The third kappa shape index (κ3) is 7.42. The molecule has 0 aliphatic rings. The second-order valence-corrected chi connectivity index (χ2v) is 6.18. The van der Waals surface area contributed by atoms with E-state index in [0.29, 0.717) is 0 Å². The van der Waals surface area contributed by atoms with Gasteiger partial charge in [-0.05, 0) is 18.4 Å². The van der Waals surface area contributed by atoms with E-state index in [9.17, 15) is 0 Å². The topological polar surface area (TPSA) is 18.5 Å². The van der Waals surface area contributed by atoms with Crippen LogP contribution in [0, 0.1) is 0 Å². The van der Waals surface area contributed by atoms with Crippen molar-refractivity contribution in [1.82, 2.24) is 0 Å². The molecule has 0 saturated heterocycles. The van der Waals surface area contributed by atoms with Gasteiger partial charge in [0.05, 0.1) is 0 Å². The quantitative estimate of drug-likeness (QED) is 0.341. The molecule has 126 valence electrons. The van der Waals surface area contributed by atoms with Crippen LogP contribution < -0.4 is 0 Å². The van der Waals surface area contributed by atoms with Crippen LogP contribution in [-0.4, -0.2) is 20.0 Å². The molecule has 0 aromatic heterocycles. The predicted octanol–water partition coefficient (Wildman–Crippen LogP) is 5.75. The lowest BCUT2D eigenvalue weighted by Gasteiger charge is -2.31. The van der Waals surface area contributed by atoms with Crippen LogP contribution in [0.2, 0.25) is 0 Å². The molecule has 0 atom stereocenters. The zero-order valence-electron chi connectivity index (χ0n) is 14.8. The second-order valence-electron chi connectivity index (χ2n) is 6.18. The van der Waals surface area contributed by atoms with Gasteiger partial charge in [-0.25, -0.2) is 0 Å². The molecule has 0 radical (unpaired) electrons. The van der Waals surface area contributed by atoms with Crippen molar-refractivity contribution in [2.45, 2.75) is 76.9 Å². The van der Waals surface area contributed by atoms with Gasteiger partial charge < -0.3 is 9.47 Å². The molecule has 0 unspecified atom stereocenters. The molecular formula is C20H34O2. The summed E-state index contributed by atoms with van der Waals surface area (Å²) in [6.07, 6.45) is 12.1. The number of methoxy groups -OCH3 is 2. The van der Waals surface area contributed by atoms with Gasteiger partial charge in [0, 0.05) is 27.1 Å². The number of benzene rings is 1. The van der Waals surface area contributed by atoms with Crippen molar-refractivity contribution in [2.75, 3.05) is 14.2 Å². The van der Waals surface area contributed by atoms with Crippen molar-refractivity contribution in [3.05, 3.63) is 35.9 Å². The largest absolute Gasteiger partial charge is 0.353 e. The van der Waals surface area contributed by atoms with Gasteiger partial charge >= 0.3 is 0 Å². The van der Waals surface area contributed by atoms with Crippen LogP contribution in [0.15, 0.2) is 30.3 Å². The zero-order valence-corrected chi connectivity index (χ0v) is 14.8. The van der Waals surface area contributed by atoms with Crippen LogP contribution >= 0.6 is 0 Å². The molecule has 1 rings (SSSR count). The molecule has 1 aromatic carbocycles. The first kappa shape index (κ1) is 19.2. The summed E-state index contributed by atoms with van der Waals surface area (Å²) < 4.78 is 11.5. The molecule has 0 fully saturated rings. The molecule has 0 N–H and O–H groups in total. The first-order valence-corrected chi connectivity index (χ1v) is 8.90. The van der Waals surface area contributed by atoms with Gasteiger partial charge in [0.2, 0.25) is 0 Å². The summed E-state index contributed by atoms with van der Waals surface area (Å²) in [4.78, 5) is 0. The van der Waals surface area contributed by atoms with Gasteiger partial charge in [-0.3, -0.25) is 0 Å². The molecule has 0 saturated carbocycles. The van der Waals surface area contributed by atoms with Crippen LogP contribution in [0.25, 0.3) is 0 Å². The van der Waals surface area contributed by atoms with Gasteiger partial charge in [0.1, 0.15) is 0 Å². The van der Waals surface area contributed by atoms with E-state index in [1.165, 1.54) is 50.5 Å². The van der Waals surface area contributed by atoms with Crippen molar-refractivity contribution >= 4 is 0 Å². The summed E-state index contributed by atoms with van der Waals surface area (Å²) >= 11 is 0. The molecule has 0 aliphatic carbocycles. The van der Waals surface area contributed by atoms with E-state index in [0.717, 1.165) is 19.3 Å². The summed E-state index contributed by atoms with van der Waals surface area (Å²) in [6.45, 7) is 2.26. The maximum absolute atomic E-state index is 5.73. The van der Waals surface area contributed by atoms with E-state index in [1.807, 2.05) is 0 Å². The Labute approximate surface area is 137 Å². The molecule has 22 heavy (non-hydrogen) atoms. The summed E-state index contributed by atoms with van der Waals surface area (Å²) in [5, 5.41) is 0. The Balaban J connectivity index is 2.29. The van der Waals surface area contributed by atoms with Crippen molar-refractivity contribution in [2.24, 2.45) is 0 Å². The average molecular weight is 306 g/mol. The monoisotopic (exact) mass is 306 g/mol. The fraction of sp³-hybridized carbons (Fsp3) is 0.700. The fourth-order valence-electron chi connectivity index (χ4n) is 2.95. The Morgan fingerprint density at radius 3 is 1.95 bits per heavy atom. The number of hydrogen-bond acceptors (Lipinski definition) is 2. The SMILES string of the molecule is CCCCCCCCCC(CCc1ccccc1)(OC)OC. The van der Waals surface area contributed by atoms with Crippen LogP contribution in [0.3, 0.4) is 0 Å². The smallest absolute Gasteiger partial charge is 0.167 e. The molecule has 1 aromatic rings. The van der Waals surface area contributed by atoms with Gasteiger partial charge in [-0.1, -0.05) is 75.8 Å². The highest BCUT2D eigenvalue weighted by molar-refractivity contribution is 5.14. The minimum absolute atomic E-state index is 0.417. The maximum Gasteiger partial charge on any atom is 0.167 e. The van der Waals surface area contributed by atoms with Crippen LogP contribution in [0.5, 0.6) is 0 Å². The second kappa shape index (κ2) is 11.7. The Morgan fingerprint density at radius 1 is 0.773 bits per heavy atom. The maximum atomic E-state index is 5.73. The molecule has 0 bridgehead atoms. The molecule has 0 spiro atoms. The third-order valence-corrected chi connectivity index (χ3v) is 4.54. The third-order valence-electron chi connectivity index (χ3n) is 4.54. The van der Waals surface area contributed by atoms with Crippen molar-refractivity contribution in [1.29, 1.82) is 0 Å². The molecule has 2 heteroatoms. The standard InChI is InChI=1S/C20H34O2/c1-4-5-6-7-8-9-13-17-20(21-2,22-3)18-16-19-14-11-10-12-15-19/h10-12,14-15H,4-9,13,16-18H2,1-3H3. The van der Waals surface area contributed by atoms with Gasteiger partial charge in [-0.2, -0.15) is 0 Å². The van der Waals surface area contributed by atoms with Crippen LogP contribution in [0.1, 0.15) is 70.3 Å². The summed E-state index contributed by atoms with van der Waals surface area (Å²) in [5.41, 5.74) is 1.35. The van der Waals surface area contributed by atoms with Crippen LogP contribution in [0.4, 0.5) is 0 Å². The van der Waals surface area contributed by atoms with Gasteiger partial charge in [-0.15, -0.1) is 0 Å². The zero-order chi connectivity index (χ0) is 16.1. The minimum Gasteiger partial charge on any atom is -0.353 e. The lowest BCUT2D eigenvalue weighted by molar-refractivity contribution is -0.215. The normalized spacial score (nSPS) is 11.8. The van der Waals surface area contributed by atoms with E-state index in [2.05, 4.69) is 37.3 Å². The highest BCUT2D eigenvalue weighted by Crippen LogP contribution is 2.26. The van der Waals surface area contributed by atoms with E-state index < -0.39 is 5.79 Å². The molecule has 0 amide bonds. The first-order valence-electron chi connectivity index (χ1n) is 8.90. The van der Waals surface area contributed by atoms with Gasteiger partial charge in [0.25, 0.3) is 0 Å². The predicted molar refractivity (Wildman–Crippen MR) is 94.1 cm³/mol. The van der Waals surface area contributed by atoms with E-state index in [4.69, 9.17) is 9.47 Å². The van der Waals surface area contributed by atoms with Crippen molar-refractivity contribution in [3.63, 3.8) is 0 Å². The number of aryl methyl sites for hydroxylation is 1. The lowest BCUT2D eigenvalue weighted by Crippen LogP contribution is -2.34. The summed E-state index contributed by atoms with van der Waals surface area (Å²) in [5.74, 6) is -0.417. The van der Waals surface area contributed by atoms with Crippen molar-refractivity contribution < 1.29 is 9.47 Å². The minimum atomic E-state index is -0.417. The van der Waals surface area contributed by atoms with Gasteiger partial charge in [0.15, 0.2) is 5.79 Å². The summed E-state index contributed by atoms with van der Waals surface area (Å²) in [7, 11) is 3.55. The average Bonchev–Trinajstić information content (AvgIpc) is 2.58. The highest BCUT2D eigenvalue weighted by atomic mass is 16.7. The van der Waals surface area contributed by atoms with Crippen molar-refractivity contribution in [3.8, 4) is 0 Å².